The summed E-state index contributed by atoms with van der Waals surface area (Å²) in [5.74, 6) is 0.191. The van der Waals surface area contributed by atoms with Crippen LogP contribution in [0.4, 0.5) is 10.5 Å². The first kappa shape index (κ1) is 14.6. The van der Waals surface area contributed by atoms with E-state index in [0.717, 1.165) is 0 Å². The monoisotopic (exact) mass is 284 g/mol. The lowest BCUT2D eigenvalue weighted by Gasteiger charge is -2.19. The molecule has 0 aliphatic carbocycles. The van der Waals surface area contributed by atoms with Crippen molar-refractivity contribution < 1.29 is 14.3 Å². The smallest absolute Gasteiger partial charge is 0.410 e. The van der Waals surface area contributed by atoms with Crippen molar-refractivity contribution in [2.24, 2.45) is 0 Å². The van der Waals surface area contributed by atoms with Gasteiger partial charge in [0.1, 0.15) is 5.75 Å². The molecule has 0 fully saturated rings. The summed E-state index contributed by atoms with van der Waals surface area (Å²) in [7, 11) is 3.11. The maximum Gasteiger partial charge on any atom is 0.419 e. The minimum atomic E-state index is -0.558. The Kier molecular flexibility index (Phi) is 4.56. The van der Waals surface area contributed by atoms with Crippen molar-refractivity contribution in [3.8, 4) is 5.75 Å². The summed E-state index contributed by atoms with van der Waals surface area (Å²) < 4.78 is 5.25. The first-order chi connectivity index (χ1) is 10.1. The Morgan fingerprint density at radius 3 is 2.29 bits per heavy atom. The van der Waals surface area contributed by atoms with E-state index in [0.29, 0.717) is 17.0 Å². The van der Waals surface area contributed by atoms with Gasteiger partial charge >= 0.3 is 6.09 Å². The lowest BCUT2D eigenvalue weighted by molar-refractivity contribution is 0.0963. The van der Waals surface area contributed by atoms with Crippen molar-refractivity contribution in [1.29, 1.82) is 0 Å². The minimum absolute atomic E-state index is 0.259. The van der Waals surface area contributed by atoms with Crippen LogP contribution in [0.25, 0.3) is 0 Å². The SMILES string of the molecule is CNC(=O)c1ccccc1N(C)C(=O)Oc1ccccc1. The van der Waals surface area contributed by atoms with Crippen LogP contribution in [0.3, 0.4) is 0 Å². The van der Waals surface area contributed by atoms with Gasteiger partial charge in [-0.1, -0.05) is 30.3 Å². The highest BCUT2D eigenvalue weighted by Gasteiger charge is 2.19. The summed E-state index contributed by atoms with van der Waals surface area (Å²) in [4.78, 5) is 25.3. The average Bonchev–Trinajstić information content (AvgIpc) is 2.54. The summed E-state index contributed by atoms with van der Waals surface area (Å²) in [6.07, 6.45) is -0.558. The van der Waals surface area contributed by atoms with E-state index in [4.69, 9.17) is 4.74 Å². The highest BCUT2D eigenvalue weighted by molar-refractivity contribution is 6.03. The maximum absolute atomic E-state index is 12.1. The van der Waals surface area contributed by atoms with Gasteiger partial charge in [0, 0.05) is 14.1 Å². The number of amides is 2. The average molecular weight is 284 g/mol. The zero-order valence-electron chi connectivity index (χ0n) is 11.9. The minimum Gasteiger partial charge on any atom is -0.410 e. The summed E-state index contributed by atoms with van der Waals surface area (Å²) in [6, 6.07) is 15.6. The normalized spacial score (nSPS) is 9.81. The standard InChI is InChI=1S/C16H16N2O3/c1-17-15(19)13-10-6-7-11-14(13)18(2)16(20)21-12-8-4-3-5-9-12/h3-11H,1-2H3,(H,17,19). The van der Waals surface area contributed by atoms with Gasteiger partial charge in [-0.25, -0.2) is 4.79 Å². The number of rotatable bonds is 3. The number of nitrogens with zero attached hydrogens (tertiary/aromatic N) is 1. The summed E-state index contributed by atoms with van der Waals surface area (Å²) in [6.45, 7) is 0. The number of anilines is 1. The molecule has 5 nitrogen and oxygen atoms in total. The molecule has 0 radical (unpaired) electrons. The molecule has 21 heavy (non-hydrogen) atoms. The van der Waals surface area contributed by atoms with Gasteiger partial charge in [-0.15, -0.1) is 0 Å². The molecule has 0 unspecified atom stereocenters. The Labute approximate surface area is 123 Å². The van der Waals surface area contributed by atoms with Gasteiger partial charge in [-0.3, -0.25) is 9.69 Å². The Morgan fingerprint density at radius 1 is 1.00 bits per heavy atom. The van der Waals surface area contributed by atoms with E-state index in [9.17, 15) is 9.59 Å². The molecule has 0 atom stereocenters. The van der Waals surface area contributed by atoms with Crippen LogP contribution in [0.5, 0.6) is 5.75 Å². The van der Waals surface area contributed by atoms with Crippen molar-refractivity contribution >= 4 is 17.7 Å². The molecule has 2 aromatic rings. The van der Waals surface area contributed by atoms with Gasteiger partial charge in [0.2, 0.25) is 0 Å². The van der Waals surface area contributed by atoms with Crippen LogP contribution in [0.15, 0.2) is 54.6 Å². The number of para-hydroxylation sites is 2. The lowest BCUT2D eigenvalue weighted by Crippen LogP contribution is -2.32. The molecule has 2 aromatic carbocycles. The second-order valence-corrected chi connectivity index (χ2v) is 4.34. The van der Waals surface area contributed by atoms with Gasteiger partial charge in [-0.05, 0) is 24.3 Å². The number of benzene rings is 2. The van der Waals surface area contributed by atoms with Gasteiger partial charge < -0.3 is 10.1 Å². The van der Waals surface area contributed by atoms with Crippen molar-refractivity contribution in [3.63, 3.8) is 0 Å². The largest absolute Gasteiger partial charge is 0.419 e. The molecule has 0 bridgehead atoms. The fourth-order valence-corrected chi connectivity index (χ4v) is 1.85. The predicted octanol–water partition coefficient (Wildman–Crippen LogP) is 2.68. The molecular weight excluding hydrogens is 268 g/mol. The molecule has 0 aliphatic rings. The Bertz CT molecular complexity index is 641. The number of ether oxygens (including phenoxy) is 1. The van der Waals surface area contributed by atoms with Crippen LogP contribution in [-0.4, -0.2) is 26.1 Å². The molecule has 0 aliphatic heterocycles. The zero-order valence-corrected chi connectivity index (χ0v) is 11.9. The molecule has 0 spiro atoms. The van der Waals surface area contributed by atoms with E-state index in [2.05, 4.69) is 5.32 Å². The van der Waals surface area contributed by atoms with E-state index in [1.54, 1.807) is 62.6 Å². The summed E-state index contributed by atoms with van der Waals surface area (Å²) >= 11 is 0. The van der Waals surface area contributed by atoms with Gasteiger partial charge in [0.25, 0.3) is 5.91 Å². The van der Waals surface area contributed by atoms with E-state index in [1.807, 2.05) is 6.07 Å². The number of nitrogens with one attached hydrogen (secondary N) is 1. The Hall–Kier alpha value is -2.82. The Morgan fingerprint density at radius 2 is 1.62 bits per heavy atom. The molecule has 0 heterocycles. The fourth-order valence-electron chi connectivity index (χ4n) is 1.85. The molecule has 0 aromatic heterocycles. The molecule has 108 valence electrons. The zero-order chi connectivity index (χ0) is 15.2. The van der Waals surface area contributed by atoms with Gasteiger partial charge in [0.05, 0.1) is 11.3 Å². The highest BCUT2D eigenvalue weighted by Crippen LogP contribution is 2.20. The maximum atomic E-state index is 12.1. The third-order valence-corrected chi connectivity index (χ3v) is 2.96. The van der Waals surface area contributed by atoms with Crippen molar-refractivity contribution in [3.05, 3.63) is 60.2 Å². The third kappa shape index (κ3) is 3.39. The molecule has 0 saturated heterocycles. The van der Waals surface area contributed by atoms with Gasteiger partial charge in [0.15, 0.2) is 0 Å². The van der Waals surface area contributed by atoms with Crippen molar-refractivity contribution in [2.45, 2.75) is 0 Å². The highest BCUT2D eigenvalue weighted by atomic mass is 16.6. The summed E-state index contributed by atoms with van der Waals surface area (Å²) in [5, 5.41) is 2.55. The number of carbonyl (C=O) groups excluding carboxylic acids is 2. The predicted molar refractivity (Wildman–Crippen MR) is 80.7 cm³/mol. The molecule has 5 heteroatoms. The second kappa shape index (κ2) is 6.56. The van der Waals surface area contributed by atoms with Crippen LogP contribution < -0.4 is 15.0 Å². The Balaban J connectivity index is 2.22. The molecule has 2 amide bonds. The van der Waals surface area contributed by atoms with Gasteiger partial charge in [-0.2, -0.15) is 0 Å². The number of carbonyl (C=O) groups is 2. The third-order valence-electron chi connectivity index (χ3n) is 2.96. The van der Waals surface area contributed by atoms with E-state index >= 15 is 0 Å². The van der Waals surface area contributed by atoms with Crippen LogP contribution in [-0.2, 0) is 0 Å². The lowest BCUT2D eigenvalue weighted by atomic mass is 10.1. The topological polar surface area (TPSA) is 58.6 Å². The van der Waals surface area contributed by atoms with E-state index in [1.165, 1.54) is 4.90 Å². The number of hydrogen-bond acceptors (Lipinski definition) is 3. The van der Waals surface area contributed by atoms with Crippen LogP contribution in [0, 0.1) is 0 Å². The van der Waals surface area contributed by atoms with E-state index in [-0.39, 0.29) is 5.91 Å². The van der Waals surface area contributed by atoms with Crippen LogP contribution in [0.1, 0.15) is 10.4 Å². The molecule has 1 N–H and O–H groups in total. The molecular formula is C16H16N2O3. The first-order valence-electron chi connectivity index (χ1n) is 6.45. The summed E-state index contributed by atoms with van der Waals surface area (Å²) in [5.41, 5.74) is 0.894. The molecule has 2 rings (SSSR count). The first-order valence-corrected chi connectivity index (χ1v) is 6.45. The van der Waals surface area contributed by atoms with Crippen LogP contribution >= 0.6 is 0 Å². The van der Waals surface area contributed by atoms with E-state index < -0.39 is 6.09 Å². The van der Waals surface area contributed by atoms with Crippen molar-refractivity contribution in [1.82, 2.24) is 5.32 Å². The fraction of sp³-hybridized carbons (Fsp3) is 0.125. The second-order valence-electron chi connectivity index (χ2n) is 4.34. The quantitative estimate of drug-likeness (QED) is 0.942. The number of hydrogen-bond donors (Lipinski definition) is 1. The van der Waals surface area contributed by atoms with Crippen LogP contribution in [0.2, 0.25) is 0 Å². The molecule has 0 saturated carbocycles. The van der Waals surface area contributed by atoms with Crippen molar-refractivity contribution in [2.75, 3.05) is 19.0 Å².